The summed E-state index contributed by atoms with van der Waals surface area (Å²) in [5, 5.41) is 3.27. The Morgan fingerprint density at radius 1 is 1.06 bits per heavy atom. The lowest BCUT2D eigenvalue weighted by molar-refractivity contribution is 0.177. The van der Waals surface area contributed by atoms with Crippen LogP contribution in [0, 0.1) is 11.7 Å². The lowest BCUT2D eigenvalue weighted by Crippen LogP contribution is -2.37. The Morgan fingerprint density at radius 3 is 2.38 bits per heavy atom. The summed E-state index contributed by atoms with van der Waals surface area (Å²) >= 11 is 0. The van der Waals surface area contributed by atoms with Gasteiger partial charge in [-0.3, -0.25) is 4.90 Å². The number of anilines is 2. The van der Waals surface area contributed by atoms with Gasteiger partial charge in [0, 0.05) is 6.20 Å². The third-order valence-corrected chi connectivity index (χ3v) is 5.34. The zero-order chi connectivity index (χ0) is 22.7. The van der Waals surface area contributed by atoms with E-state index >= 15 is 0 Å². The fraction of sp³-hybridized carbons (Fsp3) is 0.292. The summed E-state index contributed by atoms with van der Waals surface area (Å²) < 4.78 is 24.0. The number of carbonyl (C=O) groups excluding carboxylic acids is 1. The fourth-order valence-corrected chi connectivity index (χ4v) is 3.48. The summed E-state index contributed by atoms with van der Waals surface area (Å²) in [7, 11) is 0. The van der Waals surface area contributed by atoms with Gasteiger partial charge in [-0.1, -0.05) is 26.0 Å². The average molecular weight is 436 g/mol. The monoisotopic (exact) mass is 436 g/mol. The molecule has 1 aliphatic heterocycles. The standard InChI is InChI=1S/C24H25FN4O3/c1-15(2)21-14-31-24(30)29(21)22-12-13-26-23(28-22)27-16(3)17-4-8-19(9-5-17)32-20-10-6-18(25)7-11-20/h4-13,15-16,21H,14H2,1-3H3,(H,26,27,28)/t16-,21?/m0/s1. The third-order valence-electron chi connectivity index (χ3n) is 5.34. The van der Waals surface area contributed by atoms with Crippen LogP contribution in [0.3, 0.4) is 0 Å². The van der Waals surface area contributed by atoms with Crippen LogP contribution in [0.4, 0.5) is 21.0 Å². The van der Waals surface area contributed by atoms with Crippen molar-refractivity contribution in [2.24, 2.45) is 5.92 Å². The van der Waals surface area contributed by atoms with Crippen molar-refractivity contribution < 1.29 is 18.7 Å². The molecule has 8 heteroatoms. The van der Waals surface area contributed by atoms with E-state index in [1.807, 2.05) is 45.0 Å². The Hall–Kier alpha value is -3.68. The minimum atomic E-state index is -0.391. The molecule has 2 aromatic carbocycles. The number of halogens is 1. The number of hydrogen-bond donors (Lipinski definition) is 1. The van der Waals surface area contributed by atoms with E-state index in [0.717, 1.165) is 5.56 Å². The maximum atomic E-state index is 13.0. The second kappa shape index (κ2) is 9.21. The fourth-order valence-electron chi connectivity index (χ4n) is 3.48. The maximum absolute atomic E-state index is 13.0. The van der Waals surface area contributed by atoms with Crippen molar-refractivity contribution in [3.8, 4) is 11.5 Å². The van der Waals surface area contributed by atoms with Gasteiger partial charge in [-0.05, 0) is 60.9 Å². The van der Waals surface area contributed by atoms with Gasteiger partial charge in [0.25, 0.3) is 0 Å². The summed E-state index contributed by atoms with van der Waals surface area (Å²) in [6.07, 6.45) is 1.23. The Labute approximate surface area is 186 Å². The topological polar surface area (TPSA) is 76.6 Å². The maximum Gasteiger partial charge on any atom is 0.415 e. The van der Waals surface area contributed by atoms with Crippen molar-refractivity contribution >= 4 is 17.9 Å². The van der Waals surface area contributed by atoms with Crippen LogP contribution in [-0.2, 0) is 4.74 Å². The molecule has 7 nitrogen and oxygen atoms in total. The van der Waals surface area contributed by atoms with Gasteiger partial charge in [-0.2, -0.15) is 4.98 Å². The highest BCUT2D eigenvalue weighted by molar-refractivity contribution is 5.89. The molecule has 0 saturated carbocycles. The van der Waals surface area contributed by atoms with Crippen LogP contribution >= 0.6 is 0 Å². The highest BCUT2D eigenvalue weighted by Gasteiger charge is 2.37. The Kier molecular flexibility index (Phi) is 6.20. The second-order valence-electron chi connectivity index (χ2n) is 7.99. The quantitative estimate of drug-likeness (QED) is 0.522. The third kappa shape index (κ3) is 4.80. The Bertz CT molecular complexity index is 1070. The molecule has 2 atom stereocenters. The first kappa shape index (κ1) is 21.5. The minimum absolute atomic E-state index is 0.0590. The van der Waals surface area contributed by atoms with E-state index in [2.05, 4.69) is 15.3 Å². The number of carbonyl (C=O) groups is 1. The number of aromatic nitrogens is 2. The molecule has 4 rings (SSSR count). The molecule has 0 radical (unpaired) electrons. The summed E-state index contributed by atoms with van der Waals surface area (Å²) in [5.74, 6) is 2.08. The Morgan fingerprint density at radius 2 is 1.72 bits per heavy atom. The summed E-state index contributed by atoms with van der Waals surface area (Å²) in [6, 6.07) is 15.0. The average Bonchev–Trinajstić information content (AvgIpc) is 3.18. The van der Waals surface area contributed by atoms with E-state index in [1.54, 1.807) is 29.3 Å². The minimum Gasteiger partial charge on any atom is -0.457 e. The summed E-state index contributed by atoms with van der Waals surface area (Å²) in [6.45, 7) is 6.44. The molecular formula is C24H25FN4O3. The van der Waals surface area contributed by atoms with Gasteiger partial charge in [-0.15, -0.1) is 0 Å². The molecule has 0 bridgehead atoms. The molecule has 0 aliphatic carbocycles. The van der Waals surface area contributed by atoms with Gasteiger partial charge in [0.15, 0.2) is 0 Å². The molecule has 1 aliphatic rings. The Balaban J connectivity index is 1.43. The highest BCUT2D eigenvalue weighted by atomic mass is 19.1. The number of rotatable bonds is 7. The molecule has 1 N–H and O–H groups in total. The first-order valence-electron chi connectivity index (χ1n) is 10.5. The van der Waals surface area contributed by atoms with Crippen LogP contribution < -0.4 is 15.0 Å². The molecule has 3 aromatic rings. The van der Waals surface area contributed by atoms with E-state index < -0.39 is 6.09 Å². The molecule has 2 heterocycles. The van der Waals surface area contributed by atoms with Gasteiger partial charge in [0.1, 0.15) is 29.7 Å². The number of nitrogens with one attached hydrogen (secondary N) is 1. The lowest BCUT2D eigenvalue weighted by atomic mass is 10.0. The summed E-state index contributed by atoms with van der Waals surface area (Å²) in [4.78, 5) is 22.6. The van der Waals surface area contributed by atoms with Crippen LogP contribution in [0.1, 0.15) is 32.4 Å². The van der Waals surface area contributed by atoms with E-state index in [9.17, 15) is 9.18 Å². The van der Waals surface area contributed by atoms with Crippen molar-refractivity contribution in [3.05, 3.63) is 72.2 Å². The predicted molar refractivity (Wildman–Crippen MR) is 119 cm³/mol. The molecule has 1 unspecified atom stereocenters. The van der Waals surface area contributed by atoms with Crippen LogP contribution in [-0.4, -0.2) is 28.7 Å². The van der Waals surface area contributed by atoms with Gasteiger partial charge in [-0.25, -0.2) is 14.2 Å². The van der Waals surface area contributed by atoms with Gasteiger partial charge >= 0.3 is 6.09 Å². The van der Waals surface area contributed by atoms with Crippen LogP contribution in [0.25, 0.3) is 0 Å². The first-order valence-corrected chi connectivity index (χ1v) is 10.5. The van der Waals surface area contributed by atoms with Gasteiger partial charge < -0.3 is 14.8 Å². The lowest BCUT2D eigenvalue weighted by Gasteiger charge is -2.23. The largest absolute Gasteiger partial charge is 0.457 e. The van der Waals surface area contributed by atoms with Crippen molar-refractivity contribution in [3.63, 3.8) is 0 Å². The van der Waals surface area contributed by atoms with Crippen molar-refractivity contribution in [2.75, 3.05) is 16.8 Å². The number of cyclic esters (lactones) is 1. The molecule has 1 fully saturated rings. The van der Waals surface area contributed by atoms with Crippen LogP contribution in [0.2, 0.25) is 0 Å². The molecule has 1 aromatic heterocycles. The summed E-state index contributed by atoms with van der Waals surface area (Å²) in [5.41, 5.74) is 1.01. The van der Waals surface area contributed by atoms with E-state index in [1.165, 1.54) is 12.1 Å². The smallest absolute Gasteiger partial charge is 0.415 e. The molecule has 166 valence electrons. The van der Waals surface area contributed by atoms with Crippen molar-refractivity contribution in [1.29, 1.82) is 0 Å². The molecule has 32 heavy (non-hydrogen) atoms. The number of nitrogens with zero attached hydrogens (tertiary/aromatic N) is 3. The number of amides is 1. The molecule has 1 amide bonds. The second-order valence-corrected chi connectivity index (χ2v) is 7.99. The molecular weight excluding hydrogens is 411 g/mol. The normalized spacial score (nSPS) is 16.7. The zero-order valence-electron chi connectivity index (χ0n) is 18.2. The van der Waals surface area contributed by atoms with Crippen molar-refractivity contribution in [1.82, 2.24) is 9.97 Å². The zero-order valence-corrected chi connectivity index (χ0v) is 18.2. The van der Waals surface area contributed by atoms with Crippen molar-refractivity contribution in [2.45, 2.75) is 32.9 Å². The molecule has 1 saturated heterocycles. The predicted octanol–water partition coefficient (Wildman–Crippen LogP) is 5.56. The van der Waals surface area contributed by atoms with E-state index in [4.69, 9.17) is 9.47 Å². The van der Waals surface area contributed by atoms with Crippen LogP contribution in [0.15, 0.2) is 60.8 Å². The molecule has 0 spiro atoms. The number of ether oxygens (including phenoxy) is 2. The SMILES string of the molecule is CC(C)C1COC(=O)N1c1ccnc(N[C@@H](C)c2ccc(Oc3ccc(F)cc3)cc2)n1. The van der Waals surface area contributed by atoms with Crippen LogP contribution in [0.5, 0.6) is 11.5 Å². The van der Waals surface area contributed by atoms with E-state index in [-0.39, 0.29) is 23.8 Å². The van der Waals surface area contributed by atoms with E-state index in [0.29, 0.717) is 29.9 Å². The first-order chi connectivity index (χ1) is 15.4. The highest BCUT2D eigenvalue weighted by Crippen LogP contribution is 2.28. The van der Waals surface area contributed by atoms with Gasteiger partial charge in [0.05, 0.1) is 12.1 Å². The van der Waals surface area contributed by atoms with Gasteiger partial charge in [0.2, 0.25) is 5.95 Å². The number of benzene rings is 2. The number of hydrogen-bond acceptors (Lipinski definition) is 6.